The zero-order chi connectivity index (χ0) is 13.5. The molecule has 4 nitrogen and oxygen atoms in total. The molecule has 5 heteroatoms. The van der Waals surface area contributed by atoms with Crippen molar-refractivity contribution in [2.24, 2.45) is 0 Å². The van der Waals surface area contributed by atoms with Gasteiger partial charge in [0.2, 0.25) is 0 Å². The Kier molecular flexibility index (Phi) is 6.15. The van der Waals surface area contributed by atoms with Crippen LogP contribution in [0.4, 0.5) is 0 Å². The first-order chi connectivity index (χ1) is 8.60. The lowest BCUT2D eigenvalue weighted by Gasteiger charge is -2.18. The van der Waals surface area contributed by atoms with Gasteiger partial charge < -0.3 is 14.8 Å². The maximum absolute atomic E-state index is 11.3. The summed E-state index contributed by atoms with van der Waals surface area (Å²) >= 11 is 3.27. The summed E-state index contributed by atoms with van der Waals surface area (Å²) in [6.45, 7) is 2.51. The molecular weight excluding hydrogens is 298 g/mol. The summed E-state index contributed by atoms with van der Waals surface area (Å²) in [5.74, 6) is 0.552. The predicted octanol–water partition coefficient (Wildman–Crippen LogP) is 2.28. The molecule has 0 amide bonds. The molecule has 0 spiro atoms. The van der Waals surface area contributed by atoms with Crippen LogP contribution in [0.25, 0.3) is 0 Å². The van der Waals surface area contributed by atoms with Crippen molar-refractivity contribution < 1.29 is 14.3 Å². The van der Waals surface area contributed by atoms with Crippen LogP contribution < -0.4 is 10.1 Å². The minimum Gasteiger partial charge on any atom is -0.496 e. The number of ether oxygens (including phenoxy) is 2. The predicted molar refractivity (Wildman–Crippen MR) is 74.1 cm³/mol. The molecule has 0 aromatic heterocycles. The monoisotopic (exact) mass is 315 g/mol. The molecule has 0 fully saturated rings. The lowest BCUT2D eigenvalue weighted by Crippen LogP contribution is -2.31. The maximum atomic E-state index is 11.3. The second kappa shape index (κ2) is 7.38. The van der Waals surface area contributed by atoms with E-state index < -0.39 is 0 Å². The van der Waals surface area contributed by atoms with Crippen molar-refractivity contribution in [1.29, 1.82) is 0 Å². The van der Waals surface area contributed by atoms with Crippen molar-refractivity contribution in [1.82, 2.24) is 5.32 Å². The Labute approximate surface area is 116 Å². The van der Waals surface area contributed by atoms with E-state index in [1.807, 2.05) is 31.2 Å². The molecular formula is C13H18BrNO3. The Bertz CT molecular complexity index is 398. The summed E-state index contributed by atoms with van der Waals surface area (Å²) in [5.41, 5.74) is 1.06. The third-order valence-electron chi connectivity index (χ3n) is 2.67. The highest BCUT2D eigenvalue weighted by Gasteiger charge is 2.17. The average Bonchev–Trinajstić information content (AvgIpc) is 2.43. The molecule has 0 saturated heterocycles. The Morgan fingerprint density at radius 3 is 2.67 bits per heavy atom. The van der Waals surface area contributed by atoms with Gasteiger partial charge in [-0.25, -0.2) is 0 Å². The number of methoxy groups -OCH3 is 2. The van der Waals surface area contributed by atoms with Crippen LogP contribution in [0.15, 0.2) is 24.3 Å². The van der Waals surface area contributed by atoms with Crippen LogP contribution in [0, 0.1) is 0 Å². The van der Waals surface area contributed by atoms with E-state index in [9.17, 15) is 4.79 Å². The molecule has 2 atom stereocenters. The molecule has 0 aliphatic carbocycles. The van der Waals surface area contributed by atoms with E-state index in [0.29, 0.717) is 6.54 Å². The van der Waals surface area contributed by atoms with E-state index in [0.717, 1.165) is 11.3 Å². The lowest BCUT2D eigenvalue weighted by atomic mass is 10.1. The van der Waals surface area contributed by atoms with Crippen LogP contribution in [0.5, 0.6) is 5.75 Å². The smallest absolute Gasteiger partial charge is 0.320 e. The topological polar surface area (TPSA) is 47.6 Å². The highest BCUT2D eigenvalue weighted by molar-refractivity contribution is 9.10. The number of rotatable bonds is 6. The van der Waals surface area contributed by atoms with Crippen molar-refractivity contribution in [3.8, 4) is 5.75 Å². The normalized spacial score (nSPS) is 13.8. The largest absolute Gasteiger partial charge is 0.496 e. The van der Waals surface area contributed by atoms with Crippen LogP contribution in [0.1, 0.15) is 18.5 Å². The van der Waals surface area contributed by atoms with Gasteiger partial charge in [0, 0.05) is 18.2 Å². The van der Waals surface area contributed by atoms with Gasteiger partial charge >= 0.3 is 5.97 Å². The van der Waals surface area contributed by atoms with Crippen molar-refractivity contribution >= 4 is 21.9 Å². The van der Waals surface area contributed by atoms with Gasteiger partial charge in [-0.1, -0.05) is 34.1 Å². The first kappa shape index (κ1) is 15.0. The van der Waals surface area contributed by atoms with Crippen molar-refractivity contribution in [2.45, 2.75) is 17.8 Å². The maximum Gasteiger partial charge on any atom is 0.320 e. The molecule has 0 radical (unpaired) electrons. The fourth-order valence-corrected chi connectivity index (χ4v) is 2.00. The molecule has 1 unspecified atom stereocenters. The number of esters is 1. The van der Waals surface area contributed by atoms with Gasteiger partial charge in [0.25, 0.3) is 0 Å². The first-order valence-electron chi connectivity index (χ1n) is 5.68. The Morgan fingerprint density at radius 2 is 2.06 bits per heavy atom. The molecule has 100 valence electrons. The zero-order valence-corrected chi connectivity index (χ0v) is 12.4. The van der Waals surface area contributed by atoms with Gasteiger partial charge in [-0.2, -0.15) is 0 Å². The number of carbonyl (C=O) groups is 1. The number of benzene rings is 1. The minimum absolute atomic E-state index is 0.0888. The zero-order valence-electron chi connectivity index (χ0n) is 10.8. The average molecular weight is 316 g/mol. The van der Waals surface area contributed by atoms with Crippen LogP contribution in [-0.2, 0) is 9.53 Å². The number of hydrogen-bond acceptors (Lipinski definition) is 4. The van der Waals surface area contributed by atoms with E-state index in [4.69, 9.17) is 4.74 Å². The van der Waals surface area contributed by atoms with Crippen LogP contribution >= 0.6 is 15.9 Å². The molecule has 1 rings (SSSR count). The Hall–Kier alpha value is -1.07. The Morgan fingerprint density at radius 1 is 1.39 bits per heavy atom. The summed E-state index contributed by atoms with van der Waals surface area (Å²) in [7, 11) is 3.02. The molecule has 0 heterocycles. The first-order valence-corrected chi connectivity index (χ1v) is 6.60. The minimum atomic E-state index is -0.348. The quantitative estimate of drug-likeness (QED) is 0.646. The third-order valence-corrected chi connectivity index (χ3v) is 3.36. The van der Waals surface area contributed by atoms with Crippen LogP contribution in [-0.4, -0.2) is 31.6 Å². The molecule has 1 N–H and O–H groups in total. The van der Waals surface area contributed by atoms with Gasteiger partial charge in [-0.15, -0.1) is 0 Å². The summed E-state index contributed by atoms with van der Waals surface area (Å²) in [5, 5.41) is 3.26. The van der Waals surface area contributed by atoms with Crippen molar-refractivity contribution in [2.75, 3.05) is 20.8 Å². The molecule has 0 bridgehead atoms. The van der Waals surface area contributed by atoms with E-state index >= 15 is 0 Å². The van der Waals surface area contributed by atoms with Crippen molar-refractivity contribution in [3.05, 3.63) is 29.8 Å². The fourth-order valence-electron chi connectivity index (χ4n) is 1.63. The summed E-state index contributed by atoms with van der Waals surface area (Å²) in [6.07, 6.45) is 0. The van der Waals surface area contributed by atoms with E-state index in [1.165, 1.54) is 7.11 Å². The molecule has 18 heavy (non-hydrogen) atoms. The molecule has 0 saturated carbocycles. The lowest BCUT2D eigenvalue weighted by molar-refractivity contribution is -0.139. The number of halogens is 1. The molecule has 0 aliphatic heterocycles. The fraction of sp³-hybridized carbons (Fsp3) is 0.462. The number of para-hydroxylation sites is 1. The SMILES string of the molecule is COC(=O)C(Br)CN[C@H](C)c1ccccc1OC. The Balaban J connectivity index is 2.60. The van der Waals surface area contributed by atoms with Crippen molar-refractivity contribution in [3.63, 3.8) is 0 Å². The van der Waals surface area contributed by atoms with E-state index in [-0.39, 0.29) is 16.8 Å². The van der Waals surface area contributed by atoms with Gasteiger partial charge in [0.15, 0.2) is 0 Å². The van der Waals surface area contributed by atoms with Crippen LogP contribution in [0.2, 0.25) is 0 Å². The van der Waals surface area contributed by atoms with E-state index in [2.05, 4.69) is 26.0 Å². The molecule has 1 aromatic rings. The third kappa shape index (κ3) is 3.99. The standard InChI is InChI=1S/C13H18BrNO3/c1-9(15-8-11(14)13(16)18-3)10-6-4-5-7-12(10)17-2/h4-7,9,11,15H,8H2,1-3H3/t9-,11?/m1/s1. The summed E-state index contributed by atoms with van der Waals surface area (Å²) in [6, 6.07) is 7.89. The second-order valence-corrected chi connectivity index (χ2v) is 4.97. The number of alkyl halides is 1. The van der Waals surface area contributed by atoms with Crippen LogP contribution in [0.3, 0.4) is 0 Å². The highest BCUT2D eigenvalue weighted by Crippen LogP contribution is 2.24. The van der Waals surface area contributed by atoms with Gasteiger partial charge in [-0.05, 0) is 13.0 Å². The molecule has 0 aliphatic rings. The van der Waals surface area contributed by atoms with E-state index in [1.54, 1.807) is 7.11 Å². The number of nitrogens with one attached hydrogen (secondary N) is 1. The summed E-state index contributed by atoms with van der Waals surface area (Å²) in [4.78, 5) is 10.9. The van der Waals surface area contributed by atoms with Gasteiger partial charge in [-0.3, -0.25) is 4.79 Å². The summed E-state index contributed by atoms with van der Waals surface area (Å²) < 4.78 is 9.94. The molecule has 1 aromatic carbocycles. The highest BCUT2D eigenvalue weighted by atomic mass is 79.9. The second-order valence-electron chi connectivity index (χ2n) is 3.86. The number of hydrogen-bond donors (Lipinski definition) is 1. The van der Waals surface area contributed by atoms with Gasteiger partial charge in [0.1, 0.15) is 10.6 Å². The number of carbonyl (C=O) groups excluding carboxylic acids is 1. The van der Waals surface area contributed by atoms with Gasteiger partial charge in [0.05, 0.1) is 14.2 Å².